The largest absolute Gasteiger partial charge is 0.375 e. The van der Waals surface area contributed by atoms with Crippen molar-refractivity contribution in [3.63, 3.8) is 0 Å². The molecule has 1 aliphatic rings. The van der Waals surface area contributed by atoms with E-state index in [1.165, 1.54) is 11.3 Å². The van der Waals surface area contributed by atoms with Gasteiger partial charge in [-0.05, 0) is 23.8 Å². The summed E-state index contributed by atoms with van der Waals surface area (Å²) >= 11 is 0. The smallest absolute Gasteiger partial charge is 0.177 e. The minimum absolute atomic E-state index is 0.146. The SMILES string of the molecule is c1ccc2c(c1)CC(c1nnc3cccnn13)N2. The Labute approximate surface area is 103 Å². The molecule has 0 radical (unpaired) electrons. The molecule has 0 bridgehead atoms. The molecule has 4 rings (SSSR count). The van der Waals surface area contributed by atoms with Gasteiger partial charge >= 0.3 is 0 Å². The van der Waals surface area contributed by atoms with E-state index in [0.717, 1.165) is 17.9 Å². The zero-order chi connectivity index (χ0) is 11.9. The Balaban J connectivity index is 1.78. The first-order chi connectivity index (χ1) is 8.92. The molecule has 3 aromatic rings. The first-order valence-electron chi connectivity index (χ1n) is 5.92. The van der Waals surface area contributed by atoms with Gasteiger partial charge in [-0.25, -0.2) is 0 Å². The highest BCUT2D eigenvalue weighted by Crippen LogP contribution is 2.32. The molecule has 1 atom stereocenters. The second-order valence-corrected chi connectivity index (χ2v) is 4.41. The minimum atomic E-state index is 0.146. The summed E-state index contributed by atoms with van der Waals surface area (Å²) in [6, 6.07) is 12.2. The highest BCUT2D eigenvalue weighted by atomic mass is 15.4. The van der Waals surface area contributed by atoms with Crippen LogP contribution in [-0.4, -0.2) is 19.8 Å². The fourth-order valence-electron chi connectivity index (χ4n) is 2.43. The summed E-state index contributed by atoms with van der Waals surface area (Å²) in [5.74, 6) is 0.863. The second kappa shape index (κ2) is 3.53. The highest BCUT2D eigenvalue weighted by Gasteiger charge is 2.25. The molecule has 1 aliphatic heterocycles. The maximum absolute atomic E-state index is 4.30. The van der Waals surface area contributed by atoms with Crippen LogP contribution in [0.1, 0.15) is 17.4 Å². The van der Waals surface area contributed by atoms with E-state index < -0.39 is 0 Å². The quantitative estimate of drug-likeness (QED) is 0.701. The Bertz CT molecular complexity index is 693. The van der Waals surface area contributed by atoms with E-state index >= 15 is 0 Å². The summed E-state index contributed by atoms with van der Waals surface area (Å²) < 4.78 is 1.80. The monoisotopic (exact) mass is 237 g/mol. The third-order valence-electron chi connectivity index (χ3n) is 3.29. The van der Waals surface area contributed by atoms with Crippen molar-refractivity contribution in [3.05, 3.63) is 54.0 Å². The fourth-order valence-corrected chi connectivity index (χ4v) is 2.43. The van der Waals surface area contributed by atoms with Crippen LogP contribution < -0.4 is 5.32 Å². The van der Waals surface area contributed by atoms with Crippen LogP contribution in [0, 0.1) is 0 Å². The van der Waals surface area contributed by atoms with Crippen LogP contribution in [0.4, 0.5) is 5.69 Å². The normalized spacial score (nSPS) is 17.7. The first kappa shape index (κ1) is 9.58. The molecule has 1 aromatic carbocycles. The molecule has 5 nitrogen and oxygen atoms in total. The van der Waals surface area contributed by atoms with Crippen LogP contribution >= 0.6 is 0 Å². The molecule has 5 heteroatoms. The Morgan fingerprint density at radius 2 is 2.06 bits per heavy atom. The molecule has 0 saturated heterocycles. The number of hydrogen-bond donors (Lipinski definition) is 1. The number of benzene rings is 1. The van der Waals surface area contributed by atoms with Crippen molar-refractivity contribution in [1.29, 1.82) is 0 Å². The maximum atomic E-state index is 4.30. The fraction of sp³-hybridized carbons (Fsp3) is 0.154. The Kier molecular flexibility index (Phi) is 1.88. The topological polar surface area (TPSA) is 55.1 Å². The Hall–Kier alpha value is -2.43. The van der Waals surface area contributed by atoms with E-state index in [1.54, 1.807) is 10.7 Å². The van der Waals surface area contributed by atoms with Gasteiger partial charge in [-0.15, -0.1) is 10.2 Å². The summed E-state index contributed by atoms with van der Waals surface area (Å²) in [4.78, 5) is 0. The predicted molar refractivity (Wildman–Crippen MR) is 67.3 cm³/mol. The number of para-hydroxylation sites is 1. The van der Waals surface area contributed by atoms with Gasteiger partial charge in [0.25, 0.3) is 0 Å². The van der Waals surface area contributed by atoms with Gasteiger partial charge in [-0.2, -0.15) is 9.61 Å². The van der Waals surface area contributed by atoms with Crippen LogP contribution in [0.15, 0.2) is 42.6 Å². The van der Waals surface area contributed by atoms with E-state index in [2.05, 4.69) is 38.8 Å². The van der Waals surface area contributed by atoms with Crippen molar-refractivity contribution in [2.75, 3.05) is 5.32 Å². The van der Waals surface area contributed by atoms with Gasteiger partial charge in [0.15, 0.2) is 11.5 Å². The number of fused-ring (bicyclic) bond motifs is 2. The second-order valence-electron chi connectivity index (χ2n) is 4.41. The number of nitrogens with one attached hydrogen (secondary N) is 1. The van der Waals surface area contributed by atoms with E-state index in [-0.39, 0.29) is 6.04 Å². The van der Waals surface area contributed by atoms with Crippen LogP contribution in [0.3, 0.4) is 0 Å². The van der Waals surface area contributed by atoms with Crippen LogP contribution in [0.2, 0.25) is 0 Å². The van der Waals surface area contributed by atoms with E-state index in [0.29, 0.717) is 0 Å². The average Bonchev–Trinajstić information content (AvgIpc) is 3.02. The predicted octanol–water partition coefficient (Wildman–Crippen LogP) is 1.83. The number of rotatable bonds is 1. The molecule has 0 aliphatic carbocycles. The molecule has 0 saturated carbocycles. The lowest BCUT2D eigenvalue weighted by molar-refractivity contribution is 0.702. The third-order valence-corrected chi connectivity index (χ3v) is 3.29. The van der Waals surface area contributed by atoms with Crippen LogP contribution in [-0.2, 0) is 6.42 Å². The van der Waals surface area contributed by atoms with Gasteiger partial charge in [0, 0.05) is 18.3 Å². The molecule has 1 N–H and O–H groups in total. The van der Waals surface area contributed by atoms with Crippen LogP contribution in [0.5, 0.6) is 0 Å². The number of anilines is 1. The summed E-state index contributed by atoms with van der Waals surface area (Å²) in [6.45, 7) is 0. The van der Waals surface area contributed by atoms with Gasteiger partial charge in [0.2, 0.25) is 0 Å². The number of nitrogens with zero attached hydrogens (tertiary/aromatic N) is 4. The first-order valence-corrected chi connectivity index (χ1v) is 5.92. The van der Waals surface area contributed by atoms with Crippen molar-refractivity contribution >= 4 is 11.3 Å². The molecule has 88 valence electrons. The van der Waals surface area contributed by atoms with Crippen molar-refractivity contribution in [1.82, 2.24) is 19.8 Å². The summed E-state index contributed by atoms with van der Waals surface area (Å²) in [5, 5.41) is 16.2. The lowest BCUT2D eigenvalue weighted by Gasteiger charge is -2.07. The van der Waals surface area contributed by atoms with E-state index in [4.69, 9.17) is 0 Å². The Morgan fingerprint density at radius 3 is 3.00 bits per heavy atom. The van der Waals surface area contributed by atoms with Crippen molar-refractivity contribution in [2.45, 2.75) is 12.5 Å². The summed E-state index contributed by atoms with van der Waals surface area (Å²) in [5.41, 5.74) is 3.27. The van der Waals surface area contributed by atoms with Gasteiger partial charge in [0.1, 0.15) is 0 Å². The number of hydrogen-bond acceptors (Lipinski definition) is 4. The molecular weight excluding hydrogens is 226 g/mol. The van der Waals surface area contributed by atoms with Gasteiger partial charge in [0.05, 0.1) is 6.04 Å². The molecular formula is C13H11N5. The standard InChI is InChI=1S/C13H11N5/c1-2-5-10-9(4-1)8-11(15-10)13-17-16-12-6-3-7-14-18(12)13/h1-7,11,15H,8H2. The van der Waals surface area contributed by atoms with Crippen molar-refractivity contribution in [2.24, 2.45) is 0 Å². The summed E-state index contributed by atoms with van der Waals surface area (Å²) in [6.07, 6.45) is 2.68. The van der Waals surface area contributed by atoms with E-state index in [1.807, 2.05) is 18.2 Å². The van der Waals surface area contributed by atoms with Crippen molar-refractivity contribution in [3.8, 4) is 0 Å². The molecule has 1 unspecified atom stereocenters. The molecule has 2 aromatic heterocycles. The highest BCUT2D eigenvalue weighted by molar-refractivity contribution is 5.57. The zero-order valence-electron chi connectivity index (χ0n) is 9.61. The van der Waals surface area contributed by atoms with E-state index in [9.17, 15) is 0 Å². The molecule has 3 heterocycles. The molecule has 0 amide bonds. The Morgan fingerprint density at radius 1 is 1.11 bits per heavy atom. The zero-order valence-corrected chi connectivity index (χ0v) is 9.61. The average molecular weight is 237 g/mol. The molecule has 18 heavy (non-hydrogen) atoms. The number of aromatic nitrogens is 4. The van der Waals surface area contributed by atoms with Crippen molar-refractivity contribution < 1.29 is 0 Å². The minimum Gasteiger partial charge on any atom is -0.375 e. The molecule has 0 fully saturated rings. The molecule has 0 spiro atoms. The maximum Gasteiger partial charge on any atom is 0.177 e. The lowest BCUT2D eigenvalue weighted by atomic mass is 10.1. The lowest BCUT2D eigenvalue weighted by Crippen LogP contribution is -2.11. The third kappa shape index (κ3) is 1.30. The van der Waals surface area contributed by atoms with Crippen LogP contribution in [0.25, 0.3) is 5.65 Å². The van der Waals surface area contributed by atoms with Gasteiger partial charge in [-0.1, -0.05) is 18.2 Å². The van der Waals surface area contributed by atoms with Gasteiger partial charge in [-0.3, -0.25) is 0 Å². The summed E-state index contributed by atoms with van der Waals surface area (Å²) in [7, 11) is 0. The van der Waals surface area contributed by atoms with Gasteiger partial charge < -0.3 is 5.32 Å².